The van der Waals surface area contributed by atoms with Crippen LogP contribution < -0.4 is 5.32 Å². The molecule has 0 aliphatic heterocycles. The lowest BCUT2D eigenvalue weighted by Crippen LogP contribution is -2.31. The topological polar surface area (TPSA) is 55.4 Å². The van der Waals surface area contributed by atoms with E-state index in [1.165, 1.54) is 11.1 Å². The minimum atomic E-state index is -0.531. The summed E-state index contributed by atoms with van der Waals surface area (Å²) in [4.78, 5) is 24.0. The second-order valence-electron chi connectivity index (χ2n) is 5.69. The molecular formula is C19H20BrNO3. The van der Waals surface area contributed by atoms with Gasteiger partial charge in [0.05, 0.1) is 11.6 Å². The molecule has 0 aromatic heterocycles. The summed E-state index contributed by atoms with van der Waals surface area (Å²) < 4.78 is 5.71. The number of hydrogen-bond donors (Lipinski definition) is 1. The van der Waals surface area contributed by atoms with Gasteiger partial charge < -0.3 is 10.1 Å². The Labute approximate surface area is 150 Å². The van der Waals surface area contributed by atoms with Gasteiger partial charge in [0, 0.05) is 4.47 Å². The number of nitrogens with one attached hydrogen (secondary N) is 1. The van der Waals surface area contributed by atoms with Crippen molar-refractivity contribution >= 4 is 27.8 Å². The van der Waals surface area contributed by atoms with E-state index in [1.807, 2.05) is 39.0 Å². The van der Waals surface area contributed by atoms with E-state index in [9.17, 15) is 9.59 Å². The highest BCUT2D eigenvalue weighted by Gasteiger charge is 2.15. The maximum absolute atomic E-state index is 12.0. The van der Waals surface area contributed by atoms with Crippen LogP contribution in [-0.2, 0) is 9.53 Å². The molecule has 0 fully saturated rings. The molecule has 0 radical (unpaired) electrons. The molecular weight excluding hydrogens is 370 g/mol. The third-order valence-corrected chi connectivity index (χ3v) is 4.53. The van der Waals surface area contributed by atoms with Crippen LogP contribution in [0.5, 0.6) is 0 Å². The van der Waals surface area contributed by atoms with Crippen LogP contribution in [0.4, 0.5) is 0 Å². The fourth-order valence-corrected chi connectivity index (χ4v) is 2.68. The molecule has 2 aromatic rings. The van der Waals surface area contributed by atoms with E-state index in [0.29, 0.717) is 10.0 Å². The highest BCUT2D eigenvalue weighted by molar-refractivity contribution is 9.10. The van der Waals surface area contributed by atoms with Gasteiger partial charge in [-0.1, -0.05) is 30.3 Å². The molecule has 0 aliphatic carbocycles. The number of hydrogen-bond acceptors (Lipinski definition) is 3. The van der Waals surface area contributed by atoms with Gasteiger partial charge in [-0.3, -0.25) is 4.79 Å². The number of rotatable bonds is 5. The molecule has 5 heteroatoms. The summed E-state index contributed by atoms with van der Waals surface area (Å²) in [5.41, 5.74) is 3.80. The molecule has 0 aliphatic rings. The lowest BCUT2D eigenvalue weighted by Gasteiger charge is -2.16. The van der Waals surface area contributed by atoms with Crippen molar-refractivity contribution < 1.29 is 14.3 Å². The molecule has 126 valence electrons. The van der Waals surface area contributed by atoms with Crippen LogP contribution in [0.25, 0.3) is 0 Å². The normalized spacial score (nSPS) is 11.7. The summed E-state index contributed by atoms with van der Waals surface area (Å²) in [6.07, 6.45) is 0. The fraction of sp³-hybridized carbons (Fsp3) is 0.263. The van der Waals surface area contributed by atoms with E-state index in [0.717, 1.165) is 5.56 Å². The summed E-state index contributed by atoms with van der Waals surface area (Å²) in [5, 5.41) is 2.84. The van der Waals surface area contributed by atoms with E-state index in [4.69, 9.17) is 4.74 Å². The monoisotopic (exact) mass is 389 g/mol. The second-order valence-corrected chi connectivity index (χ2v) is 6.54. The van der Waals surface area contributed by atoms with Crippen molar-refractivity contribution in [1.29, 1.82) is 0 Å². The van der Waals surface area contributed by atoms with E-state index in [1.54, 1.807) is 24.3 Å². The van der Waals surface area contributed by atoms with Gasteiger partial charge in [0.25, 0.3) is 5.91 Å². The molecule has 0 spiro atoms. The molecule has 0 saturated heterocycles. The molecule has 2 rings (SSSR count). The van der Waals surface area contributed by atoms with Gasteiger partial charge in [0.2, 0.25) is 0 Å². The minimum absolute atomic E-state index is 0.154. The molecule has 0 heterocycles. The maximum atomic E-state index is 12.0. The number of esters is 1. The number of aryl methyl sites for hydroxylation is 2. The first-order chi connectivity index (χ1) is 11.4. The number of carbonyl (C=O) groups excluding carboxylic acids is 2. The Morgan fingerprint density at radius 1 is 1.12 bits per heavy atom. The Hall–Kier alpha value is -2.14. The lowest BCUT2D eigenvalue weighted by atomic mass is 10.0. The van der Waals surface area contributed by atoms with Gasteiger partial charge >= 0.3 is 5.97 Å². The van der Waals surface area contributed by atoms with Crippen molar-refractivity contribution in [3.05, 3.63) is 69.2 Å². The zero-order valence-electron chi connectivity index (χ0n) is 13.9. The van der Waals surface area contributed by atoms with Crippen LogP contribution in [0.2, 0.25) is 0 Å². The van der Waals surface area contributed by atoms with Crippen LogP contribution in [0.1, 0.15) is 40.0 Å². The summed E-state index contributed by atoms with van der Waals surface area (Å²) in [5.74, 6) is -0.863. The molecule has 24 heavy (non-hydrogen) atoms. The van der Waals surface area contributed by atoms with Gasteiger partial charge in [0.1, 0.15) is 0 Å². The Morgan fingerprint density at radius 2 is 1.83 bits per heavy atom. The van der Waals surface area contributed by atoms with Crippen molar-refractivity contribution in [3.63, 3.8) is 0 Å². The first kappa shape index (κ1) is 18.2. The lowest BCUT2D eigenvalue weighted by molar-refractivity contribution is -0.124. The van der Waals surface area contributed by atoms with Crippen LogP contribution in [0.15, 0.2) is 46.9 Å². The van der Waals surface area contributed by atoms with Gasteiger partial charge in [-0.2, -0.15) is 0 Å². The molecule has 2 aromatic carbocycles. The largest absolute Gasteiger partial charge is 0.452 e. The Balaban J connectivity index is 1.90. The number of amides is 1. The highest BCUT2D eigenvalue weighted by atomic mass is 79.9. The molecule has 0 bridgehead atoms. The van der Waals surface area contributed by atoms with Crippen LogP contribution >= 0.6 is 15.9 Å². The maximum Gasteiger partial charge on any atom is 0.339 e. The van der Waals surface area contributed by atoms with Crippen molar-refractivity contribution in [2.45, 2.75) is 26.8 Å². The second kappa shape index (κ2) is 8.11. The summed E-state index contributed by atoms with van der Waals surface area (Å²) in [6.45, 7) is 5.67. The van der Waals surface area contributed by atoms with E-state index in [2.05, 4.69) is 21.2 Å². The SMILES string of the molecule is Cc1ccc([C@H](C)NC(=O)COC(=O)c2ccccc2Br)cc1C. The molecule has 1 N–H and O–H groups in total. The third kappa shape index (κ3) is 4.68. The van der Waals surface area contributed by atoms with E-state index in [-0.39, 0.29) is 18.6 Å². The predicted molar refractivity (Wildman–Crippen MR) is 96.9 cm³/mol. The van der Waals surface area contributed by atoms with Crippen LogP contribution in [0.3, 0.4) is 0 Å². The number of ether oxygens (including phenoxy) is 1. The highest BCUT2D eigenvalue weighted by Crippen LogP contribution is 2.18. The van der Waals surface area contributed by atoms with Crippen molar-refractivity contribution in [3.8, 4) is 0 Å². The molecule has 0 unspecified atom stereocenters. The Morgan fingerprint density at radius 3 is 2.50 bits per heavy atom. The zero-order valence-corrected chi connectivity index (χ0v) is 15.5. The van der Waals surface area contributed by atoms with Crippen molar-refractivity contribution in [1.82, 2.24) is 5.32 Å². The smallest absolute Gasteiger partial charge is 0.339 e. The zero-order chi connectivity index (χ0) is 17.7. The van der Waals surface area contributed by atoms with E-state index >= 15 is 0 Å². The quantitative estimate of drug-likeness (QED) is 0.783. The average molecular weight is 390 g/mol. The van der Waals surface area contributed by atoms with Gasteiger partial charge in [-0.15, -0.1) is 0 Å². The summed E-state index contributed by atoms with van der Waals surface area (Å²) in [7, 11) is 0. The number of halogens is 1. The van der Waals surface area contributed by atoms with Crippen LogP contribution in [0, 0.1) is 13.8 Å². The van der Waals surface area contributed by atoms with E-state index < -0.39 is 5.97 Å². The van der Waals surface area contributed by atoms with Gasteiger partial charge in [0.15, 0.2) is 6.61 Å². The first-order valence-electron chi connectivity index (χ1n) is 7.66. The van der Waals surface area contributed by atoms with Crippen molar-refractivity contribution in [2.75, 3.05) is 6.61 Å². The Kier molecular flexibility index (Phi) is 6.15. The number of carbonyl (C=O) groups is 2. The van der Waals surface area contributed by atoms with Gasteiger partial charge in [-0.05, 0) is 65.5 Å². The first-order valence-corrected chi connectivity index (χ1v) is 8.46. The summed E-state index contributed by atoms with van der Waals surface area (Å²) in [6, 6.07) is 12.8. The Bertz CT molecular complexity index is 758. The summed E-state index contributed by atoms with van der Waals surface area (Å²) >= 11 is 3.29. The minimum Gasteiger partial charge on any atom is -0.452 e. The average Bonchev–Trinajstić information content (AvgIpc) is 2.55. The molecule has 0 saturated carbocycles. The van der Waals surface area contributed by atoms with Gasteiger partial charge in [-0.25, -0.2) is 4.79 Å². The molecule has 1 amide bonds. The predicted octanol–water partition coefficient (Wildman–Crippen LogP) is 4.10. The van der Waals surface area contributed by atoms with Crippen molar-refractivity contribution in [2.24, 2.45) is 0 Å². The van der Waals surface area contributed by atoms with Crippen LogP contribution in [-0.4, -0.2) is 18.5 Å². The third-order valence-electron chi connectivity index (χ3n) is 3.84. The number of benzene rings is 2. The fourth-order valence-electron chi connectivity index (χ4n) is 2.24. The molecule has 4 nitrogen and oxygen atoms in total. The standard InChI is InChI=1S/C19H20BrNO3/c1-12-8-9-15(10-13(12)2)14(3)21-18(22)11-24-19(23)16-6-4-5-7-17(16)20/h4-10,14H,11H2,1-3H3,(H,21,22)/t14-/m0/s1. The molecule has 1 atom stereocenters.